The van der Waals surface area contributed by atoms with Crippen LogP contribution in [0.1, 0.15) is 49.4 Å². The van der Waals surface area contributed by atoms with Gasteiger partial charge in [-0.3, -0.25) is 0 Å². The van der Waals surface area contributed by atoms with Crippen molar-refractivity contribution in [3.63, 3.8) is 0 Å². The molecule has 0 aliphatic heterocycles. The molecule has 0 saturated carbocycles. The van der Waals surface area contributed by atoms with Crippen molar-refractivity contribution in [3.8, 4) is 0 Å². The average Bonchev–Trinajstić information content (AvgIpc) is 2.29. The highest BCUT2D eigenvalue weighted by Crippen LogP contribution is 2.27. The zero-order valence-electron chi connectivity index (χ0n) is 10.7. The van der Waals surface area contributed by atoms with Gasteiger partial charge in [0, 0.05) is 6.04 Å². The molecule has 0 aromatic heterocycles. The van der Waals surface area contributed by atoms with Crippen LogP contribution in [-0.2, 0) is 12.8 Å². The van der Waals surface area contributed by atoms with Gasteiger partial charge < -0.3 is 5.32 Å². The Bertz CT molecular complexity index is 354. The summed E-state index contributed by atoms with van der Waals surface area (Å²) in [6.07, 6.45) is 5.29. The fraction of sp³-hybridized carbons (Fsp3) is 0.600. The van der Waals surface area contributed by atoms with Crippen LogP contribution in [0.3, 0.4) is 0 Å². The molecule has 88 valence electrons. The van der Waals surface area contributed by atoms with Crippen LogP contribution in [0.4, 0.5) is 0 Å². The molecule has 1 aromatic carbocycles. The number of fused-ring (bicyclic) bond motifs is 1. The van der Waals surface area contributed by atoms with Crippen LogP contribution in [0, 0.1) is 5.92 Å². The maximum atomic E-state index is 3.42. The lowest BCUT2D eigenvalue weighted by Gasteiger charge is -2.23. The van der Waals surface area contributed by atoms with Crippen molar-refractivity contribution in [2.75, 3.05) is 7.05 Å². The van der Waals surface area contributed by atoms with Gasteiger partial charge in [-0.2, -0.15) is 0 Å². The summed E-state index contributed by atoms with van der Waals surface area (Å²) in [5.41, 5.74) is 4.62. The lowest BCUT2D eigenvalue weighted by molar-refractivity contribution is 0.442. The summed E-state index contributed by atoms with van der Waals surface area (Å²) in [5.74, 6) is 0.645. The zero-order chi connectivity index (χ0) is 11.5. The summed E-state index contributed by atoms with van der Waals surface area (Å²) < 4.78 is 0. The molecule has 1 atom stereocenters. The summed E-state index contributed by atoms with van der Waals surface area (Å²) in [6.45, 7) is 4.56. The number of nitrogens with one attached hydrogen (secondary N) is 1. The third kappa shape index (κ3) is 2.30. The molecule has 1 heteroatoms. The van der Waals surface area contributed by atoms with Gasteiger partial charge in [0.1, 0.15) is 0 Å². The molecule has 0 bridgehead atoms. The Morgan fingerprint density at radius 2 is 1.75 bits per heavy atom. The molecule has 2 rings (SSSR count). The van der Waals surface area contributed by atoms with Crippen molar-refractivity contribution in [1.29, 1.82) is 0 Å². The largest absolute Gasteiger partial charge is 0.313 e. The second-order valence-electron chi connectivity index (χ2n) is 5.25. The predicted octanol–water partition coefficient (Wildman–Crippen LogP) is 3.48. The van der Waals surface area contributed by atoms with Crippen molar-refractivity contribution >= 4 is 0 Å². The monoisotopic (exact) mass is 217 g/mol. The van der Waals surface area contributed by atoms with Gasteiger partial charge in [-0.25, -0.2) is 0 Å². The van der Waals surface area contributed by atoms with Crippen LogP contribution >= 0.6 is 0 Å². The molecule has 16 heavy (non-hydrogen) atoms. The third-order valence-corrected chi connectivity index (χ3v) is 3.71. The average molecular weight is 217 g/mol. The SMILES string of the molecule is CNC(c1ccc2c(c1)CCCC2)C(C)C. The molecule has 1 unspecified atom stereocenters. The van der Waals surface area contributed by atoms with Crippen LogP contribution in [0.5, 0.6) is 0 Å². The third-order valence-electron chi connectivity index (χ3n) is 3.71. The fourth-order valence-corrected chi connectivity index (χ4v) is 2.83. The van der Waals surface area contributed by atoms with E-state index >= 15 is 0 Å². The maximum absolute atomic E-state index is 3.42. The quantitative estimate of drug-likeness (QED) is 0.817. The molecule has 1 aliphatic carbocycles. The number of hydrogen-bond acceptors (Lipinski definition) is 1. The molecule has 0 spiro atoms. The van der Waals surface area contributed by atoms with E-state index in [1.165, 1.54) is 31.2 Å². The Kier molecular flexibility index (Phi) is 3.65. The Labute approximate surface area is 99.3 Å². The molecular formula is C15H23N. The Morgan fingerprint density at radius 1 is 1.06 bits per heavy atom. The standard InChI is InChI=1S/C15H23N/c1-11(2)15(16-3)14-9-8-12-6-4-5-7-13(12)10-14/h8-11,15-16H,4-7H2,1-3H3. The summed E-state index contributed by atoms with van der Waals surface area (Å²) in [7, 11) is 2.06. The first-order valence-electron chi connectivity index (χ1n) is 6.51. The molecule has 0 radical (unpaired) electrons. The van der Waals surface area contributed by atoms with Crippen LogP contribution in [0.2, 0.25) is 0 Å². The van der Waals surface area contributed by atoms with E-state index in [9.17, 15) is 0 Å². The summed E-state index contributed by atoms with van der Waals surface area (Å²) in [5, 5.41) is 3.42. The van der Waals surface area contributed by atoms with Gasteiger partial charge in [-0.05, 0) is 55.3 Å². The Balaban J connectivity index is 2.28. The molecule has 0 saturated heterocycles. The molecule has 1 aromatic rings. The lowest BCUT2D eigenvalue weighted by Crippen LogP contribution is -2.22. The summed E-state index contributed by atoms with van der Waals surface area (Å²) >= 11 is 0. The minimum absolute atomic E-state index is 0.493. The molecule has 1 N–H and O–H groups in total. The number of benzene rings is 1. The van der Waals surface area contributed by atoms with Crippen molar-refractivity contribution in [2.45, 2.75) is 45.6 Å². The molecule has 0 heterocycles. The minimum Gasteiger partial charge on any atom is -0.313 e. The highest BCUT2D eigenvalue weighted by atomic mass is 14.9. The highest BCUT2D eigenvalue weighted by Gasteiger charge is 2.16. The lowest BCUT2D eigenvalue weighted by atomic mass is 9.87. The molecule has 1 nitrogen and oxygen atoms in total. The van der Waals surface area contributed by atoms with E-state index in [-0.39, 0.29) is 0 Å². The van der Waals surface area contributed by atoms with E-state index in [4.69, 9.17) is 0 Å². The molecule has 1 aliphatic rings. The van der Waals surface area contributed by atoms with Crippen molar-refractivity contribution in [1.82, 2.24) is 5.32 Å². The smallest absolute Gasteiger partial charge is 0.0340 e. The normalized spacial score (nSPS) is 17.2. The number of rotatable bonds is 3. The van der Waals surface area contributed by atoms with E-state index in [0.717, 1.165) is 0 Å². The van der Waals surface area contributed by atoms with Crippen molar-refractivity contribution in [2.24, 2.45) is 5.92 Å². The summed E-state index contributed by atoms with van der Waals surface area (Å²) in [4.78, 5) is 0. The van der Waals surface area contributed by atoms with Crippen LogP contribution in [0.25, 0.3) is 0 Å². The Hall–Kier alpha value is -0.820. The number of aryl methyl sites for hydroxylation is 2. The first-order chi connectivity index (χ1) is 7.72. The van der Waals surface area contributed by atoms with Crippen LogP contribution in [0.15, 0.2) is 18.2 Å². The topological polar surface area (TPSA) is 12.0 Å². The molecule has 0 amide bonds. The predicted molar refractivity (Wildman–Crippen MR) is 69.7 cm³/mol. The van der Waals surface area contributed by atoms with Gasteiger partial charge in [0.15, 0.2) is 0 Å². The fourth-order valence-electron chi connectivity index (χ4n) is 2.83. The summed E-state index contributed by atoms with van der Waals surface area (Å²) in [6, 6.07) is 7.57. The van der Waals surface area contributed by atoms with Gasteiger partial charge in [0.05, 0.1) is 0 Å². The highest BCUT2D eigenvalue weighted by molar-refractivity contribution is 5.35. The van der Waals surface area contributed by atoms with Gasteiger partial charge in [-0.1, -0.05) is 32.0 Å². The van der Waals surface area contributed by atoms with Crippen LogP contribution in [-0.4, -0.2) is 7.05 Å². The molecule has 0 fully saturated rings. The number of hydrogen-bond donors (Lipinski definition) is 1. The Morgan fingerprint density at radius 3 is 2.38 bits per heavy atom. The second-order valence-corrected chi connectivity index (χ2v) is 5.25. The van der Waals surface area contributed by atoms with E-state index < -0.39 is 0 Å². The first-order valence-corrected chi connectivity index (χ1v) is 6.51. The van der Waals surface area contributed by atoms with E-state index in [1.807, 2.05) is 0 Å². The zero-order valence-corrected chi connectivity index (χ0v) is 10.7. The first kappa shape index (κ1) is 11.7. The van der Waals surface area contributed by atoms with E-state index in [0.29, 0.717) is 12.0 Å². The van der Waals surface area contributed by atoms with Gasteiger partial charge in [0.2, 0.25) is 0 Å². The van der Waals surface area contributed by atoms with Crippen molar-refractivity contribution < 1.29 is 0 Å². The van der Waals surface area contributed by atoms with Gasteiger partial charge >= 0.3 is 0 Å². The van der Waals surface area contributed by atoms with Gasteiger partial charge in [0.25, 0.3) is 0 Å². The maximum Gasteiger partial charge on any atom is 0.0340 e. The van der Waals surface area contributed by atoms with Gasteiger partial charge in [-0.15, -0.1) is 0 Å². The molecular weight excluding hydrogens is 194 g/mol. The van der Waals surface area contributed by atoms with Crippen LogP contribution < -0.4 is 5.32 Å². The van der Waals surface area contributed by atoms with E-state index in [1.54, 1.807) is 11.1 Å². The second kappa shape index (κ2) is 5.01. The minimum atomic E-state index is 0.493. The van der Waals surface area contributed by atoms with Crippen molar-refractivity contribution in [3.05, 3.63) is 34.9 Å². The van der Waals surface area contributed by atoms with E-state index in [2.05, 4.69) is 44.4 Å².